The Labute approximate surface area is 133 Å². The molecule has 9 nitrogen and oxygen atoms in total. The normalized spacial score (nSPS) is 11.1. The molecule has 1 amide bonds. The number of hydrogen-bond donors (Lipinski definition) is 1. The van der Waals surface area contributed by atoms with Gasteiger partial charge in [0, 0.05) is 23.8 Å². The van der Waals surface area contributed by atoms with Crippen LogP contribution in [0, 0.1) is 20.2 Å². The molecule has 0 saturated carbocycles. The summed E-state index contributed by atoms with van der Waals surface area (Å²) < 4.78 is 0. The summed E-state index contributed by atoms with van der Waals surface area (Å²) in [6.07, 6.45) is 0. The predicted octanol–water partition coefficient (Wildman–Crippen LogP) is 2.72. The van der Waals surface area contributed by atoms with Crippen LogP contribution in [0.3, 0.4) is 0 Å². The second-order valence-electron chi connectivity index (χ2n) is 4.37. The molecule has 0 aliphatic carbocycles. The molecule has 0 spiro atoms. The van der Waals surface area contributed by atoms with Gasteiger partial charge in [-0.15, -0.1) is 11.3 Å². The Morgan fingerprint density at radius 2 is 1.74 bits per heavy atom. The smallest absolute Gasteiger partial charge is 0.267 e. The van der Waals surface area contributed by atoms with Crippen molar-refractivity contribution in [2.75, 3.05) is 0 Å². The molecule has 23 heavy (non-hydrogen) atoms. The Morgan fingerprint density at radius 1 is 1.13 bits per heavy atom. The van der Waals surface area contributed by atoms with Gasteiger partial charge in [0.05, 0.1) is 25.8 Å². The lowest BCUT2D eigenvalue weighted by atomic mass is 10.2. The summed E-state index contributed by atoms with van der Waals surface area (Å²) in [7, 11) is 0. The zero-order valence-corrected chi connectivity index (χ0v) is 12.6. The highest BCUT2D eigenvalue weighted by Gasteiger charge is 2.12. The number of nitrogens with zero attached hydrogens (tertiary/aromatic N) is 3. The third-order valence-corrected chi connectivity index (χ3v) is 3.85. The number of non-ortho nitro benzene ring substituents is 1. The van der Waals surface area contributed by atoms with Crippen molar-refractivity contribution in [2.24, 2.45) is 5.10 Å². The number of rotatable bonds is 5. The highest BCUT2D eigenvalue weighted by molar-refractivity contribution is 7.12. The van der Waals surface area contributed by atoms with Crippen molar-refractivity contribution < 1.29 is 14.6 Å². The molecule has 2 aromatic rings. The third-order valence-electron chi connectivity index (χ3n) is 2.82. The largest absolute Gasteiger partial charge is 0.280 e. The van der Waals surface area contributed by atoms with Crippen molar-refractivity contribution in [1.29, 1.82) is 0 Å². The maximum atomic E-state index is 11.9. The molecule has 0 fully saturated rings. The maximum absolute atomic E-state index is 11.9. The molecule has 0 aliphatic rings. The Hall–Kier alpha value is -3.14. The molecule has 0 radical (unpaired) electrons. The van der Waals surface area contributed by atoms with Gasteiger partial charge in [0.1, 0.15) is 0 Å². The Kier molecular flexibility index (Phi) is 4.76. The van der Waals surface area contributed by atoms with E-state index in [4.69, 9.17) is 0 Å². The molecule has 1 aromatic heterocycles. The summed E-state index contributed by atoms with van der Waals surface area (Å²) >= 11 is 1.14. The second-order valence-corrected chi connectivity index (χ2v) is 5.28. The predicted molar refractivity (Wildman–Crippen MR) is 83.7 cm³/mol. The van der Waals surface area contributed by atoms with Gasteiger partial charge >= 0.3 is 0 Å². The fraction of sp³-hybridized carbons (Fsp3) is 0.0769. The van der Waals surface area contributed by atoms with Crippen LogP contribution >= 0.6 is 11.3 Å². The van der Waals surface area contributed by atoms with E-state index in [2.05, 4.69) is 10.5 Å². The Bertz CT molecular complexity index is 797. The molecule has 0 aliphatic heterocycles. The first-order chi connectivity index (χ1) is 10.9. The molecule has 0 saturated heterocycles. The standard InChI is InChI=1S/C13H10N4O5S/c1-8(12-6-11(7-23-12)17(21)22)14-15-13(18)9-2-4-10(5-3-9)16(19)20/h2-7H,1H3,(H,15,18)/b14-8+. The average molecular weight is 334 g/mol. The SMILES string of the molecule is C/C(=N\NC(=O)c1ccc([N+](=O)[O-])cc1)c1cc([N+](=O)[O-])cs1. The van der Waals surface area contributed by atoms with Gasteiger partial charge in [-0.3, -0.25) is 25.0 Å². The van der Waals surface area contributed by atoms with Gasteiger partial charge in [-0.1, -0.05) is 0 Å². The number of nitro benzene ring substituents is 1. The second kappa shape index (κ2) is 6.75. The highest BCUT2D eigenvalue weighted by atomic mass is 32.1. The Morgan fingerprint density at radius 3 is 2.26 bits per heavy atom. The first-order valence-corrected chi connectivity index (χ1v) is 7.09. The first-order valence-electron chi connectivity index (χ1n) is 6.21. The number of hydrazone groups is 1. The number of carbonyl (C=O) groups excluding carboxylic acids is 1. The molecular formula is C13H10N4O5S. The number of thiophene rings is 1. The van der Waals surface area contributed by atoms with Crippen LogP contribution in [-0.4, -0.2) is 21.5 Å². The minimum atomic E-state index is -0.562. The van der Waals surface area contributed by atoms with Gasteiger partial charge in [0.15, 0.2) is 0 Å². The quantitative estimate of drug-likeness (QED) is 0.511. The van der Waals surface area contributed by atoms with Crippen molar-refractivity contribution in [3.8, 4) is 0 Å². The highest BCUT2D eigenvalue weighted by Crippen LogP contribution is 2.21. The zero-order valence-electron chi connectivity index (χ0n) is 11.8. The summed E-state index contributed by atoms with van der Waals surface area (Å²) in [5.74, 6) is -0.537. The fourth-order valence-corrected chi connectivity index (χ4v) is 2.41. The summed E-state index contributed by atoms with van der Waals surface area (Å²) in [4.78, 5) is 32.5. The van der Waals surface area contributed by atoms with E-state index in [1.165, 1.54) is 35.7 Å². The third kappa shape index (κ3) is 3.95. The van der Waals surface area contributed by atoms with Crippen molar-refractivity contribution in [2.45, 2.75) is 6.92 Å². The summed E-state index contributed by atoms with van der Waals surface area (Å²) in [6.45, 7) is 1.60. The van der Waals surface area contributed by atoms with Crippen molar-refractivity contribution in [1.82, 2.24) is 5.43 Å². The van der Waals surface area contributed by atoms with Crippen LogP contribution in [0.2, 0.25) is 0 Å². The minimum Gasteiger partial charge on any atom is -0.267 e. The van der Waals surface area contributed by atoms with Crippen LogP contribution in [0.4, 0.5) is 11.4 Å². The number of amides is 1. The van der Waals surface area contributed by atoms with Crippen LogP contribution < -0.4 is 5.43 Å². The number of nitro groups is 2. The van der Waals surface area contributed by atoms with Crippen LogP contribution in [0.25, 0.3) is 0 Å². The van der Waals surface area contributed by atoms with Crippen LogP contribution in [0.15, 0.2) is 40.8 Å². The van der Waals surface area contributed by atoms with E-state index in [1.807, 2.05) is 0 Å². The molecule has 1 N–H and O–H groups in total. The maximum Gasteiger partial charge on any atom is 0.280 e. The van der Waals surface area contributed by atoms with Gasteiger partial charge in [-0.25, -0.2) is 5.43 Å². The van der Waals surface area contributed by atoms with E-state index in [0.29, 0.717) is 10.6 Å². The minimum absolute atomic E-state index is 0.0405. The van der Waals surface area contributed by atoms with Crippen molar-refractivity contribution in [3.63, 3.8) is 0 Å². The summed E-state index contributed by atoms with van der Waals surface area (Å²) in [5.41, 5.74) is 2.77. The van der Waals surface area contributed by atoms with Crippen LogP contribution in [0.5, 0.6) is 0 Å². The van der Waals surface area contributed by atoms with Crippen LogP contribution in [-0.2, 0) is 0 Å². The van der Waals surface area contributed by atoms with Gasteiger partial charge in [-0.05, 0) is 19.1 Å². The van der Waals surface area contributed by atoms with E-state index in [-0.39, 0.29) is 16.9 Å². The molecule has 118 valence electrons. The number of carbonyl (C=O) groups is 1. The fourth-order valence-electron chi connectivity index (χ4n) is 1.60. The van der Waals surface area contributed by atoms with Crippen molar-refractivity contribution in [3.05, 3.63) is 66.4 Å². The number of nitrogens with one attached hydrogen (secondary N) is 1. The van der Waals surface area contributed by atoms with E-state index >= 15 is 0 Å². The lowest BCUT2D eigenvalue weighted by molar-refractivity contribution is -0.384. The van der Waals surface area contributed by atoms with E-state index in [0.717, 1.165) is 11.3 Å². The lowest BCUT2D eigenvalue weighted by Gasteiger charge is -2.01. The topological polar surface area (TPSA) is 128 Å². The molecule has 1 aromatic carbocycles. The van der Waals surface area contributed by atoms with E-state index in [9.17, 15) is 25.0 Å². The van der Waals surface area contributed by atoms with Gasteiger partial charge in [-0.2, -0.15) is 5.10 Å². The molecule has 0 bridgehead atoms. The number of hydrogen-bond acceptors (Lipinski definition) is 7. The van der Waals surface area contributed by atoms with Gasteiger partial charge in [0.2, 0.25) is 0 Å². The molecule has 0 unspecified atom stereocenters. The molecular weight excluding hydrogens is 324 g/mol. The molecule has 0 atom stereocenters. The van der Waals surface area contributed by atoms with Crippen LogP contribution in [0.1, 0.15) is 22.2 Å². The van der Waals surface area contributed by atoms with E-state index < -0.39 is 15.8 Å². The van der Waals surface area contributed by atoms with E-state index in [1.54, 1.807) is 6.92 Å². The van der Waals surface area contributed by atoms with Crippen molar-refractivity contribution >= 4 is 34.3 Å². The summed E-state index contributed by atoms with van der Waals surface area (Å²) in [6, 6.07) is 6.42. The van der Waals surface area contributed by atoms with Gasteiger partial charge < -0.3 is 0 Å². The first kappa shape index (κ1) is 16.2. The molecule has 10 heteroatoms. The summed E-state index contributed by atoms with van der Waals surface area (Å²) in [5, 5.41) is 26.4. The lowest BCUT2D eigenvalue weighted by Crippen LogP contribution is -2.19. The number of benzene rings is 1. The zero-order chi connectivity index (χ0) is 17.0. The monoisotopic (exact) mass is 334 g/mol. The molecule has 2 rings (SSSR count). The Balaban J connectivity index is 2.06. The molecule has 1 heterocycles. The average Bonchev–Trinajstić information content (AvgIpc) is 3.02. The van der Waals surface area contributed by atoms with Gasteiger partial charge in [0.25, 0.3) is 17.3 Å².